The zero-order valence-electron chi connectivity index (χ0n) is 23.5. The second kappa shape index (κ2) is 12.6. The van der Waals surface area contributed by atoms with E-state index in [0.717, 1.165) is 36.8 Å². The molecule has 1 atom stereocenters. The van der Waals surface area contributed by atoms with Gasteiger partial charge in [0.05, 0.1) is 14.2 Å². The van der Waals surface area contributed by atoms with E-state index < -0.39 is 6.04 Å². The minimum Gasteiger partial charge on any atom is -0.497 e. The standard InChI is InChI=1S/C31H34N6O4/c1-21-11-13-23(14-12-21)30-33-35-36(34-30)20-28(38)37(25-9-6-10-27(19-25)41-3)29(22-15-17-26(40-2)18-16-22)31(39)32-24-7-4-5-8-24/h6,9-19,24,29H,4-5,7-8,20H2,1-3H3,(H,32,39)/t29-/m0/s1. The van der Waals surface area contributed by atoms with Crippen LogP contribution in [0.5, 0.6) is 11.5 Å². The van der Waals surface area contributed by atoms with Gasteiger partial charge in [-0.25, -0.2) is 0 Å². The summed E-state index contributed by atoms with van der Waals surface area (Å²) in [4.78, 5) is 30.9. The van der Waals surface area contributed by atoms with Gasteiger partial charge < -0.3 is 14.8 Å². The van der Waals surface area contributed by atoms with Gasteiger partial charge in [0.25, 0.3) is 5.91 Å². The molecule has 1 saturated carbocycles. The van der Waals surface area contributed by atoms with E-state index in [1.54, 1.807) is 62.8 Å². The van der Waals surface area contributed by atoms with Crippen molar-refractivity contribution in [2.24, 2.45) is 0 Å². The lowest BCUT2D eigenvalue weighted by atomic mass is 10.0. The van der Waals surface area contributed by atoms with Gasteiger partial charge >= 0.3 is 0 Å². The van der Waals surface area contributed by atoms with Crippen molar-refractivity contribution in [1.29, 1.82) is 0 Å². The van der Waals surface area contributed by atoms with Crippen LogP contribution >= 0.6 is 0 Å². The van der Waals surface area contributed by atoms with Crippen LogP contribution in [0, 0.1) is 6.92 Å². The fourth-order valence-electron chi connectivity index (χ4n) is 5.08. The molecule has 4 aromatic rings. The number of rotatable bonds is 10. The first-order chi connectivity index (χ1) is 19.9. The molecule has 1 fully saturated rings. The summed E-state index contributed by atoms with van der Waals surface area (Å²) >= 11 is 0. The van der Waals surface area contributed by atoms with Crippen molar-refractivity contribution in [3.8, 4) is 22.9 Å². The molecule has 10 nitrogen and oxygen atoms in total. The number of anilines is 1. The van der Waals surface area contributed by atoms with E-state index in [1.165, 1.54) is 9.70 Å². The first kappa shape index (κ1) is 27.8. The Hall–Kier alpha value is -4.73. The number of carbonyl (C=O) groups is 2. The summed E-state index contributed by atoms with van der Waals surface area (Å²) in [7, 11) is 3.15. The van der Waals surface area contributed by atoms with Crippen LogP contribution in [0.4, 0.5) is 5.69 Å². The minimum absolute atomic E-state index is 0.0690. The Kier molecular flexibility index (Phi) is 8.57. The van der Waals surface area contributed by atoms with Crippen LogP contribution in [0.15, 0.2) is 72.8 Å². The first-order valence-corrected chi connectivity index (χ1v) is 13.7. The lowest BCUT2D eigenvalue weighted by molar-refractivity contribution is -0.127. The molecule has 1 aliphatic rings. The summed E-state index contributed by atoms with van der Waals surface area (Å²) < 4.78 is 10.8. The third-order valence-electron chi connectivity index (χ3n) is 7.28. The van der Waals surface area contributed by atoms with Crippen LogP contribution in [0.25, 0.3) is 11.4 Å². The van der Waals surface area contributed by atoms with Gasteiger partial charge in [-0.05, 0) is 54.8 Å². The van der Waals surface area contributed by atoms with Crippen LogP contribution in [0.3, 0.4) is 0 Å². The molecule has 10 heteroatoms. The number of amides is 2. The average molecular weight is 555 g/mol. The fourth-order valence-corrected chi connectivity index (χ4v) is 5.08. The largest absolute Gasteiger partial charge is 0.497 e. The zero-order chi connectivity index (χ0) is 28.8. The third-order valence-corrected chi connectivity index (χ3v) is 7.28. The number of aryl methyl sites for hydroxylation is 1. The second-order valence-corrected chi connectivity index (χ2v) is 10.1. The van der Waals surface area contributed by atoms with Crippen molar-refractivity contribution >= 4 is 17.5 Å². The van der Waals surface area contributed by atoms with Crippen molar-refractivity contribution in [2.45, 2.75) is 51.2 Å². The molecule has 41 heavy (non-hydrogen) atoms. The highest BCUT2D eigenvalue weighted by Crippen LogP contribution is 2.32. The van der Waals surface area contributed by atoms with Crippen LogP contribution in [-0.2, 0) is 16.1 Å². The van der Waals surface area contributed by atoms with Crippen LogP contribution in [0.1, 0.15) is 42.9 Å². The van der Waals surface area contributed by atoms with Gasteiger partial charge in [0.2, 0.25) is 11.7 Å². The van der Waals surface area contributed by atoms with Gasteiger partial charge in [-0.3, -0.25) is 14.5 Å². The molecule has 1 N–H and O–H groups in total. The van der Waals surface area contributed by atoms with Gasteiger partial charge in [-0.15, -0.1) is 10.2 Å². The number of nitrogens with one attached hydrogen (secondary N) is 1. The average Bonchev–Trinajstić information content (AvgIpc) is 3.68. The molecule has 0 spiro atoms. The summed E-state index contributed by atoms with van der Waals surface area (Å²) in [5, 5.41) is 15.9. The predicted molar refractivity (Wildman–Crippen MR) is 155 cm³/mol. The van der Waals surface area contributed by atoms with E-state index in [-0.39, 0.29) is 24.4 Å². The molecule has 3 aromatic carbocycles. The Bertz CT molecular complexity index is 1480. The number of methoxy groups -OCH3 is 2. The van der Waals surface area contributed by atoms with Gasteiger partial charge in [0.1, 0.15) is 24.1 Å². The smallest absolute Gasteiger partial charge is 0.251 e. The number of aromatic nitrogens is 4. The molecule has 2 amide bonds. The maximum absolute atomic E-state index is 14.1. The molecule has 1 heterocycles. The molecule has 0 radical (unpaired) electrons. The molecule has 1 aliphatic carbocycles. The van der Waals surface area contributed by atoms with Crippen molar-refractivity contribution in [3.05, 3.63) is 83.9 Å². The summed E-state index contributed by atoms with van der Waals surface area (Å²) in [5.74, 6) is 0.985. The molecule has 0 unspecified atom stereocenters. The highest BCUT2D eigenvalue weighted by Gasteiger charge is 2.35. The summed E-state index contributed by atoms with van der Waals surface area (Å²) in [5.41, 5.74) is 3.07. The monoisotopic (exact) mass is 554 g/mol. The van der Waals surface area contributed by atoms with E-state index in [1.807, 2.05) is 31.2 Å². The molecule has 212 valence electrons. The Morgan fingerprint density at radius 2 is 1.68 bits per heavy atom. The van der Waals surface area contributed by atoms with E-state index in [4.69, 9.17) is 9.47 Å². The Morgan fingerprint density at radius 1 is 0.976 bits per heavy atom. The van der Waals surface area contributed by atoms with Gasteiger partial charge in [0.15, 0.2) is 0 Å². The molecular formula is C31H34N6O4. The predicted octanol–water partition coefficient (Wildman–Crippen LogP) is 4.50. The number of benzene rings is 3. The minimum atomic E-state index is -0.957. The fraction of sp³-hybridized carbons (Fsp3) is 0.323. The molecular weight excluding hydrogens is 520 g/mol. The Morgan fingerprint density at radius 3 is 2.37 bits per heavy atom. The van der Waals surface area contributed by atoms with Gasteiger partial charge in [-0.1, -0.05) is 60.9 Å². The normalized spacial score (nSPS) is 13.9. The van der Waals surface area contributed by atoms with E-state index in [0.29, 0.717) is 28.6 Å². The van der Waals surface area contributed by atoms with Crippen LogP contribution in [0.2, 0.25) is 0 Å². The quantitative estimate of drug-likeness (QED) is 0.307. The van der Waals surface area contributed by atoms with Crippen molar-refractivity contribution < 1.29 is 19.1 Å². The first-order valence-electron chi connectivity index (χ1n) is 13.7. The zero-order valence-corrected chi connectivity index (χ0v) is 23.5. The number of tetrazole rings is 1. The SMILES string of the molecule is COc1ccc([C@@H](C(=O)NC2CCCC2)N(C(=O)Cn2nnc(-c3ccc(C)cc3)n2)c2cccc(OC)c2)cc1. The topological polar surface area (TPSA) is 111 Å². The highest BCUT2D eigenvalue weighted by molar-refractivity contribution is 6.01. The van der Waals surface area contributed by atoms with Crippen LogP contribution in [-0.4, -0.2) is 52.3 Å². The van der Waals surface area contributed by atoms with Crippen molar-refractivity contribution in [1.82, 2.24) is 25.5 Å². The molecule has 5 rings (SSSR count). The lowest BCUT2D eigenvalue weighted by Crippen LogP contribution is -2.47. The highest BCUT2D eigenvalue weighted by atomic mass is 16.5. The summed E-state index contributed by atoms with van der Waals surface area (Å²) in [6, 6.07) is 21.2. The number of hydrogen-bond acceptors (Lipinski definition) is 7. The number of nitrogens with zero attached hydrogens (tertiary/aromatic N) is 5. The number of carbonyl (C=O) groups excluding carboxylic acids is 2. The molecule has 0 aliphatic heterocycles. The number of hydrogen-bond donors (Lipinski definition) is 1. The Balaban J connectivity index is 1.52. The lowest BCUT2D eigenvalue weighted by Gasteiger charge is -2.32. The number of ether oxygens (including phenoxy) is 2. The van der Waals surface area contributed by atoms with Crippen LogP contribution < -0.4 is 19.7 Å². The second-order valence-electron chi connectivity index (χ2n) is 10.1. The molecule has 1 aromatic heterocycles. The van der Waals surface area contributed by atoms with Gasteiger partial charge in [0, 0.05) is 23.4 Å². The molecule has 0 saturated heterocycles. The van der Waals surface area contributed by atoms with Crippen molar-refractivity contribution in [3.63, 3.8) is 0 Å². The summed E-state index contributed by atoms with van der Waals surface area (Å²) in [6.45, 7) is 1.78. The van der Waals surface area contributed by atoms with E-state index in [2.05, 4.69) is 20.7 Å². The van der Waals surface area contributed by atoms with Gasteiger partial charge in [-0.2, -0.15) is 4.80 Å². The van der Waals surface area contributed by atoms with E-state index in [9.17, 15) is 9.59 Å². The molecule has 0 bridgehead atoms. The maximum Gasteiger partial charge on any atom is 0.251 e. The maximum atomic E-state index is 14.1. The third kappa shape index (κ3) is 6.54. The summed E-state index contributed by atoms with van der Waals surface area (Å²) in [6.07, 6.45) is 3.97. The van der Waals surface area contributed by atoms with E-state index >= 15 is 0 Å². The van der Waals surface area contributed by atoms with Crippen molar-refractivity contribution in [2.75, 3.05) is 19.1 Å². The Labute approximate surface area is 239 Å².